The van der Waals surface area contributed by atoms with E-state index in [0.29, 0.717) is 5.69 Å². The van der Waals surface area contributed by atoms with Crippen LogP contribution in [0.1, 0.15) is 36.5 Å². The number of nitrogens with two attached hydrogens (primary N) is 1. The van der Waals surface area contributed by atoms with Gasteiger partial charge in [-0.2, -0.15) is 0 Å². The van der Waals surface area contributed by atoms with Crippen LogP contribution in [0.4, 0.5) is 10.1 Å². The highest BCUT2D eigenvalue weighted by Crippen LogP contribution is 2.16. The molecule has 110 valence electrons. The molecule has 0 radical (unpaired) electrons. The highest BCUT2D eigenvalue weighted by atomic mass is 19.1. The number of ether oxygens (including phenoxy) is 1. The number of nitrogens with one attached hydrogen (secondary N) is 1. The SMILES string of the molecule is CCCC(N)CC(=O)Nc1ccc(F)c(C(=O)OC)c1. The van der Waals surface area contributed by atoms with Gasteiger partial charge in [0.05, 0.1) is 12.7 Å². The van der Waals surface area contributed by atoms with Gasteiger partial charge >= 0.3 is 5.97 Å². The van der Waals surface area contributed by atoms with Crippen LogP contribution in [0.25, 0.3) is 0 Å². The van der Waals surface area contributed by atoms with Gasteiger partial charge in [0.15, 0.2) is 0 Å². The first-order valence-corrected chi connectivity index (χ1v) is 6.41. The number of benzene rings is 1. The third-order valence-electron chi connectivity index (χ3n) is 2.76. The van der Waals surface area contributed by atoms with Gasteiger partial charge in [0.1, 0.15) is 5.82 Å². The molecule has 1 rings (SSSR count). The number of carbonyl (C=O) groups excluding carboxylic acids is 2. The molecule has 0 bridgehead atoms. The molecular formula is C14H19FN2O3. The molecule has 0 saturated heterocycles. The maximum Gasteiger partial charge on any atom is 0.340 e. The molecule has 0 aliphatic rings. The van der Waals surface area contributed by atoms with Gasteiger partial charge < -0.3 is 15.8 Å². The molecule has 1 aromatic rings. The zero-order chi connectivity index (χ0) is 15.1. The summed E-state index contributed by atoms with van der Waals surface area (Å²) < 4.78 is 17.9. The molecule has 0 aromatic heterocycles. The van der Waals surface area contributed by atoms with E-state index < -0.39 is 11.8 Å². The second kappa shape index (κ2) is 7.59. The molecule has 1 aromatic carbocycles. The summed E-state index contributed by atoms with van der Waals surface area (Å²) >= 11 is 0. The molecule has 0 saturated carbocycles. The van der Waals surface area contributed by atoms with Crippen molar-refractivity contribution in [2.45, 2.75) is 32.2 Å². The van der Waals surface area contributed by atoms with Crippen LogP contribution in [-0.2, 0) is 9.53 Å². The Morgan fingerprint density at radius 2 is 2.15 bits per heavy atom. The molecule has 1 atom stereocenters. The Hall–Kier alpha value is -1.95. The standard InChI is InChI=1S/C14H19FN2O3/c1-3-4-9(16)7-13(18)17-10-5-6-12(15)11(8-10)14(19)20-2/h5-6,8-9H,3-4,7,16H2,1-2H3,(H,17,18). The Balaban J connectivity index is 2.73. The first-order chi connectivity index (χ1) is 9.47. The molecule has 20 heavy (non-hydrogen) atoms. The zero-order valence-corrected chi connectivity index (χ0v) is 11.6. The summed E-state index contributed by atoms with van der Waals surface area (Å²) in [5, 5.41) is 2.58. The van der Waals surface area contributed by atoms with Crippen molar-refractivity contribution in [3.8, 4) is 0 Å². The second-order valence-corrected chi connectivity index (χ2v) is 4.49. The minimum absolute atomic E-state index is 0.179. The summed E-state index contributed by atoms with van der Waals surface area (Å²) in [5.41, 5.74) is 5.88. The quantitative estimate of drug-likeness (QED) is 0.783. The molecule has 5 nitrogen and oxygen atoms in total. The smallest absolute Gasteiger partial charge is 0.340 e. The summed E-state index contributed by atoms with van der Waals surface area (Å²) in [5.74, 6) is -1.76. The first kappa shape index (κ1) is 16.1. The van der Waals surface area contributed by atoms with E-state index in [-0.39, 0.29) is 23.9 Å². The molecule has 1 unspecified atom stereocenters. The molecule has 0 aliphatic heterocycles. The number of halogens is 1. The van der Waals surface area contributed by atoms with Crippen molar-refractivity contribution in [3.63, 3.8) is 0 Å². The van der Waals surface area contributed by atoms with Gasteiger partial charge in [-0.3, -0.25) is 4.79 Å². The van der Waals surface area contributed by atoms with E-state index in [2.05, 4.69) is 10.1 Å². The Morgan fingerprint density at radius 1 is 1.45 bits per heavy atom. The lowest BCUT2D eigenvalue weighted by Crippen LogP contribution is -2.27. The van der Waals surface area contributed by atoms with E-state index in [4.69, 9.17) is 5.73 Å². The maximum absolute atomic E-state index is 13.4. The van der Waals surface area contributed by atoms with Crippen LogP contribution >= 0.6 is 0 Å². The third-order valence-corrected chi connectivity index (χ3v) is 2.76. The largest absolute Gasteiger partial charge is 0.465 e. The van der Waals surface area contributed by atoms with E-state index in [0.717, 1.165) is 26.0 Å². The number of amides is 1. The van der Waals surface area contributed by atoms with Crippen LogP contribution in [0.3, 0.4) is 0 Å². The number of anilines is 1. The number of carbonyl (C=O) groups is 2. The van der Waals surface area contributed by atoms with Crippen molar-refractivity contribution in [1.29, 1.82) is 0 Å². The van der Waals surface area contributed by atoms with E-state index >= 15 is 0 Å². The van der Waals surface area contributed by atoms with E-state index in [1.807, 2.05) is 6.92 Å². The molecule has 6 heteroatoms. The van der Waals surface area contributed by atoms with Gasteiger partial charge in [0, 0.05) is 18.2 Å². The highest BCUT2D eigenvalue weighted by Gasteiger charge is 2.14. The zero-order valence-electron chi connectivity index (χ0n) is 11.6. The normalized spacial score (nSPS) is 11.8. The minimum atomic E-state index is -0.790. The van der Waals surface area contributed by atoms with Crippen molar-refractivity contribution in [1.82, 2.24) is 0 Å². The average Bonchev–Trinajstić information content (AvgIpc) is 2.40. The van der Waals surface area contributed by atoms with Crippen LogP contribution in [0.15, 0.2) is 18.2 Å². The van der Waals surface area contributed by atoms with Crippen LogP contribution in [0.2, 0.25) is 0 Å². The van der Waals surface area contributed by atoms with E-state index in [1.54, 1.807) is 0 Å². The summed E-state index contributed by atoms with van der Waals surface area (Å²) in [6, 6.07) is 3.52. The van der Waals surface area contributed by atoms with Gasteiger partial charge in [0.25, 0.3) is 0 Å². The summed E-state index contributed by atoms with van der Waals surface area (Å²) in [7, 11) is 1.16. The van der Waals surface area contributed by atoms with Crippen molar-refractivity contribution in [3.05, 3.63) is 29.6 Å². The molecule has 1 amide bonds. The topological polar surface area (TPSA) is 81.4 Å². The summed E-state index contributed by atoms with van der Waals surface area (Å²) in [4.78, 5) is 23.1. The van der Waals surface area contributed by atoms with Gasteiger partial charge in [-0.25, -0.2) is 9.18 Å². The van der Waals surface area contributed by atoms with Crippen LogP contribution in [0.5, 0.6) is 0 Å². The fourth-order valence-corrected chi connectivity index (χ4v) is 1.79. The Bertz CT molecular complexity index is 491. The third kappa shape index (κ3) is 4.62. The molecule has 0 heterocycles. The number of esters is 1. The van der Waals surface area contributed by atoms with Crippen molar-refractivity contribution >= 4 is 17.6 Å². The average molecular weight is 282 g/mol. The highest BCUT2D eigenvalue weighted by molar-refractivity contribution is 5.94. The lowest BCUT2D eigenvalue weighted by molar-refractivity contribution is -0.116. The number of methoxy groups -OCH3 is 1. The Morgan fingerprint density at radius 3 is 2.75 bits per heavy atom. The molecule has 0 aliphatic carbocycles. The first-order valence-electron chi connectivity index (χ1n) is 6.41. The molecule has 0 spiro atoms. The Labute approximate surface area is 117 Å². The monoisotopic (exact) mass is 282 g/mol. The van der Waals surface area contributed by atoms with E-state index in [1.165, 1.54) is 12.1 Å². The van der Waals surface area contributed by atoms with Crippen LogP contribution in [0, 0.1) is 5.82 Å². The fraction of sp³-hybridized carbons (Fsp3) is 0.429. The van der Waals surface area contributed by atoms with Crippen molar-refractivity contribution in [2.24, 2.45) is 5.73 Å². The molecule has 3 N–H and O–H groups in total. The number of rotatable bonds is 6. The van der Waals surface area contributed by atoms with E-state index in [9.17, 15) is 14.0 Å². The number of hydrogen-bond acceptors (Lipinski definition) is 4. The van der Waals surface area contributed by atoms with Gasteiger partial charge in [0.2, 0.25) is 5.91 Å². The second-order valence-electron chi connectivity index (χ2n) is 4.49. The summed E-state index contributed by atoms with van der Waals surface area (Å²) in [6.45, 7) is 1.99. The lowest BCUT2D eigenvalue weighted by Gasteiger charge is -2.11. The lowest BCUT2D eigenvalue weighted by atomic mass is 10.1. The fourth-order valence-electron chi connectivity index (χ4n) is 1.79. The molecular weight excluding hydrogens is 263 g/mol. The van der Waals surface area contributed by atoms with Gasteiger partial charge in [-0.1, -0.05) is 13.3 Å². The van der Waals surface area contributed by atoms with Crippen molar-refractivity contribution < 1.29 is 18.7 Å². The van der Waals surface area contributed by atoms with Gasteiger partial charge in [-0.15, -0.1) is 0 Å². The number of hydrogen-bond donors (Lipinski definition) is 2. The predicted molar refractivity (Wildman–Crippen MR) is 73.9 cm³/mol. The van der Waals surface area contributed by atoms with Gasteiger partial charge in [-0.05, 0) is 24.6 Å². The Kier molecular flexibility index (Phi) is 6.11. The van der Waals surface area contributed by atoms with Crippen LogP contribution < -0.4 is 11.1 Å². The minimum Gasteiger partial charge on any atom is -0.465 e. The predicted octanol–water partition coefficient (Wildman–Crippen LogP) is 2.07. The van der Waals surface area contributed by atoms with Crippen LogP contribution in [-0.4, -0.2) is 25.0 Å². The maximum atomic E-state index is 13.4. The molecule has 0 fully saturated rings. The summed E-state index contributed by atoms with van der Waals surface area (Å²) in [6.07, 6.45) is 1.83. The van der Waals surface area contributed by atoms with Crippen molar-refractivity contribution in [2.75, 3.05) is 12.4 Å².